The number of rotatable bonds is 5. The van der Waals surface area contributed by atoms with Gasteiger partial charge >= 0.3 is 0 Å². The van der Waals surface area contributed by atoms with Crippen LogP contribution in [-0.2, 0) is 24.2 Å². The van der Waals surface area contributed by atoms with Crippen LogP contribution in [0.25, 0.3) is 11.3 Å². The van der Waals surface area contributed by atoms with Gasteiger partial charge in [-0.1, -0.05) is 11.2 Å². The zero-order valence-electron chi connectivity index (χ0n) is 14.4. The Labute approximate surface area is 151 Å². The number of pyridine rings is 1. The average Bonchev–Trinajstić information content (AvgIpc) is 3.25. The lowest BCUT2D eigenvalue weighted by atomic mass is 10.1. The van der Waals surface area contributed by atoms with Gasteiger partial charge in [-0.25, -0.2) is 0 Å². The summed E-state index contributed by atoms with van der Waals surface area (Å²) in [5.41, 5.74) is 3.52. The molecule has 1 aromatic carbocycles. The number of carbonyl (C=O) groups excluding carboxylic acids is 1. The molecule has 0 bridgehead atoms. The average molecular weight is 349 g/mol. The number of nitrogens with one attached hydrogen (secondary N) is 1. The summed E-state index contributed by atoms with van der Waals surface area (Å²) in [4.78, 5) is 16.3. The van der Waals surface area contributed by atoms with E-state index in [1.165, 1.54) is 5.56 Å². The highest BCUT2D eigenvalue weighted by Crippen LogP contribution is 2.33. The lowest BCUT2D eigenvalue weighted by Gasteiger charge is -2.02. The normalized spacial score (nSPS) is 15.3. The summed E-state index contributed by atoms with van der Waals surface area (Å²) in [6.07, 6.45) is 2.96. The molecule has 1 atom stereocenters. The number of nitrogens with zero attached hydrogens (tertiary/aromatic N) is 2. The zero-order chi connectivity index (χ0) is 17.9. The molecule has 26 heavy (non-hydrogen) atoms. The molecule has 2 aromatic heterocycles. The third-order valence-corrected chi connectivity index (χ3v) is 4.27. The molecule has 1 unspecified atom stereocenters. The maximum Gasteiger partial charge on any atom is 0.226 e. The van der Waals surface area contributed by atoms with Crippen molar-refractivity contribution in [1.29, 1.82) is 0 Å². The van der Waals surface area contributed by atoms with Gasteiger partial charge in [-0.3, -0.25) is 9.78 Å². The molecule has 6 nitrogen and oxygen atoms in total. The van der Waals surface area contributed by atoms with Gasteiger partial charge in [0.15, 0.2) is 5.76 Å². The maximum atomic E-state index is 12.1. The summed E-state index contributed by atoms with van der Waals surface area (Å²) in [5, 5.41) is 6.85. The highest BCUT2D eigenvalue weighted by atomic mass is 16.5. The largest absolute Gasteiger partial charge is 0.490 e. The third-order valence-electron chi connectivity index (χ3n) is 4.27. The van der Waals surface area contributed by atoms with Gasteiger partial charge in [-0.2, -0.15) is 0 Å². The first-order valence-corrected chi connectivity index (χ1v) is 8.59. The molecule has 4 rings (SSSR count). The Balaban J connectivity index is 1.39. The number of amides is 1. The topological polar surface area (TPSA) is 77.3 Å². The molecule has 0 saturated carbocycles. The van der Waals surface area contributed by atoms with Crippen molar-refractivity contribution in [2.24, 2.45) is 0 Å². The van der Waals surface area contributed by atoms with Crippen LogP contribution in [0.2, 0.25) is 0 Å². The number of carbonyl (C=O) groups is 1. The predicted molar refractivity (Wildman–Crippen MR) is 95.5 cm³/mol. The van der Waals surface area contributed by atoms with Crippen molar-refractivity contribution in [2.75, 3.05) is 0 Å². The Morgan fingerprint density at radius 1 is 1.23 bits per heavy atom. The molecule has 0 spiro atoms. The summed E-state index contributed by atoms with van der Waals surface area (Å²) in [6.45, 7) is 2.45. The van der Waals surface area contributed by atoms with Crippen LogP contribution in [0, 0.1) is 0 Å². The van der Waals surface area contributed by atoms with E-state index in [4.69, 9.17) is 9.26 Å². The summed E-state index contributed by atoms with van der Waals surface area (Å²) < 4.78 is 11.1. The van der Waals surface area contributed by atoms with Crippen molar-refractivity contribution < 1.29 is 14.1 Å². The van der Waals surface area contributed by atoms with Crippen LogP contribution < -0.4 is 10.1 Å². The second-order valence-electron chi connectivity index (χ2n) is 6.41. The van der Waals surface area contributed by atoms with E-state index in [1.54, 1.807) is 12.3 Å². The summed E-state index contributed by atoms with van der Waals surface area (Å²) in [7, 11) is 0. The fraction of sp³-hybridized carbons (Fsp3) is 0.250. The van der Waals surface area contributed by atoms with E-state index in [1.807, 2.05) is 30.3 Å². The van der Waals surface area contributed by atoms with Gasteiger partial charge in [-0.05, 0) is 42.8 Å². The van der Waals surface area contributed by atoms with Gasteiger partial charge in [0.25, 0.3) is 0 Å². The van der Waals surface area contributed by atoms with Crippen LogP contribution in [0.1, 0.15) is 23.9 Å². The Morgan fingerprint density at radius 2 is 2.15 bits per heavy atom. The molecule has 1 N–H and O–H groups in total. The van der Waals surface area contributed by atoms with E-state index in [0.717, 1.165) is 23.4 Å². The Bertz CT molecular complexity index is 921. The molecule has 3 heterocycles. The van der Waals surface area contributed by atoms with Gasteiger partial charge in [-0.15, -0.1) is 0 Å². The molecule has 1 amide bonds. The highest BCUT2D eigenvalue weighted by molar-refractivity contribution is 5.78. The molecule has 1 aliphatic heterocycles. The molecule has 3 aromatic rings. The van der Waals surface area contributed by atoms with E-state index in [-0.39, 0.29) is 18.4 Å². The number of aromatic nitrogens is 2. The third kappa shape index (κ3) is 3.59. The number of fused-ring (bicyclic) bond motifs is 1. The van der Waals surface area contributed by atoms with Gasteiger partial charge in [0.1, 0.15) is 11.9 Å². The monoisotopic (exact) mass is 349 g/mol. The molecular formula is C20H19N3O3. The predicted octanol–water partition coefficient (Wildman–Crippen LogP) is 2.92. The summed E-state index contributed by atoms with van der Waals surface area (Å²) >= 11 is 0. The van der Waals surface area contributed by atoms with E-state index in [2.05, 4.69) is 28.4 Å². The van der Waals surface area contributed by atoms with Gasteiger partial charge in [0.05, 0.1) is 24.4 Å². The standard InChI is InChI=1S/C20H19N3O3/c1-13-8-15-9-14(5-6-18(15)25-13)19-10-17(23-26-19)11-20(24)22-12-16-4-2-3-7-21-16/h2-7,9-10,13H,8,11-12H2,1H3,(H,22,24). The van der Waals surface area contributed by atoms with Crippen molar-refractivity contribution >= 4 is 5.91 Å². The Morgan fingerprint density at radius 3 is 3.00 bits per heavy atom. The second-order valence-corrected chi connectivity index (χ2v) is 6.41. The second kappa shape index (κ2) is 7.00. The Hall–Kier alpha value is -3.15. The highest BCUT2D eigenvalue weighted by Gasteiger charge is 2.20. The van der Waals surface area contributed by atoms with Crippen molar-refractivity contribution in [2.45, 2.75) is 32.4 Å². The van der Waals surface area contributed by atoms with Crippen molar-refractivity contribution in [1.82, 2.24) is 15.5 Å². The smallest absolute Gasteiger partial charge is 0.226 e. The van der Waals surface area contributed by atoms with Crippen LogP contribution in [0.15, 0.2) is 53.2 Å². The SMILES string of the molecule is CC1Cc2cc(-c3cc(CC(=O)NCc4ccccn4)no3)ccc2O1. The van der Waals surface area contributed by atoms with Gasteiger partial charge in [0.2, 0.25) is 5.91 Å². The van der Waals surface area contributed by atoms with Crippen molar-refractivity contribution in [3.05, 3.63) is 65.6 Å². The minimum Gasteiger partial charge on any atom is -0.490 e. The van der Waals surface area contributed by atoms with Crippen LogP contribution in [-0.4, -0.2) is 22.2 Å². The van der Waals surface area contributed by atoms with Crippen LogP contribution >= 0.6 is 0 Å². The van der Waals surface area contributed by atoms with E-state index in [0.29, 0.717) is 18.0 Å². The fourth-order valence-electron chi connectivity index (χ4n) is 3.03. The van der Waals surface area contributed by atoms with Crippen molar-refractivity contribution in [3.8, 4) is 17.1 Å². The zero-order valence-corrected chi connectivity index (χ0v) is 14.4. The fourth-order valence-corrected chi connectivity index (χ4v) is 3.03. The molecule has 0 fully saturated rings. The molecular weight excluding hydrogens is 330 g/mol. The minimum absolute atomic E-state index is 0.119. The maximum absolute atomic E-state index is 12.1. The molecule has 0 radical (unpaired) electrons. The van der Waals surface area contributed by atoms with Gasteiger partial charge < -0.3 is 14.6 Å². The molecule has 1 aliphatic rings. The van der Waals surface area contributed by atoms with Gasteiger partial charge in [0, 0.05) is 24.2 Å². The minimum atomic E-state index is -0.119. The first kappa shape index (κ1) is 16.3. The van der Waals surface area contributed by atoms with Crippen LogP contribution in [0.4, 0.5) is 0 Å². The number of hydrogen-bond donors (Lipinski definition) is 1. The summed E-state index contributed by atoms with van der Waals surface area (Å²) in [5.74, 6) is 1.46. The van der Waals surface area contributed by atoms with Crippen LogP contribution in [0.3, 0.4) is 0 Å². The quantitative estimate of drug-likeness (QED) is 0.766. The lowest BCUT2D eigenvalue weighted by Crippen LogP contribution is -2.25. The Kier molecular flexibility index (Phi) is 4.39. The first-order chi connectivity index (χ1) is 12.7. The number of hydrogen-bond acceptors (Lipinski definition) is 5. The van der Waals surface area contributed by atoms with E-state index >= 15 is 0 Å². The van der Waals surface area contributed by atoms with Crippen LogP contribution in [0.5, 0.6) is 5.75 Å². The first-order valence-electron chi connectivity index (χ1n) is 8.59. The van der Waals surface area contributed by atoms with E-state index < -0.39 is 0 Å². The molecule has 0 aliphatic carbocycles. The summed E-state index contributed by atoms with van der Waals surface area (Å²) in [6, 6.07) is 13.4. The number of benzene rings is 1. The molecule has 0 saturated heterocycles. The number of ether oxygens (including phenoxy) is 1. The lowest BCUT2D eigenvalue weighted by molar-refractivity contribution is -0.120. The van der Waals surface area contributed by atoms with Crippen molar-refractivity contribution in [3.63, 3.8) is 0 Å². The molecule has 132 valence electrons. The molecule has 6 heteroatoms. The van der Waals surface area contributed by atoms with E-state index in [9.17, 15) is 4.79 Å².